The highest BCUT2D eigenvalue weighted by Gasteiger charge is 2.30. The van der Waals surface area contributed by atoms with E-state index in [-0.39, 0.29) is 30.8 Å². The number of aliphatic hydroxyl groups excluding tert-OH is 1. The van der Waals surface area contributed by atoms with Gasteiger partial charge in [-0.3, -0.25) is 0 Å². The molecule has 2 saturated carbocycles. The summed E-state index contributed by atoms with van der Waals surface area (Å²) in [7, 11) is 0. The number of ether oxygens (including phenoxy) is 1. The fourth-order valence-electron chi connectivity index (χ4n) is 3.63. The number of hydrogen-bond donors (Lipinski definition) is 3. The Kier molecular flexibility index (Phi) is 7.46. The summed E-state index contributed by atoms with van der Waals surface area (Å²) in [6.45, 7) is 2.13. The van der Waals surface area contributed by atoms with Gasteiger partial charge in [0.25, 0.3) is 0 Å². The van der Waals surface area contributed by atoms with E-state index in [0.717, 1.165) is 25.7 Å². The van der Waals surface area contributed by atoms with Crippen molar-refractivity contribution in [2.24, 2.45) is 0 Å². The summed E-state index contributed by atoms with van der Waals surface area (Å²) >= 11 is 0. The van der Waals surface area contributed by atoms with Crippen molar-refractivity contribution in [2.75, 3.05) is 6.61 Å². The van der Waals surface area contributed by atoms with Gasteiger partial charge in [-0.15, -0.1) is 0 Å². The van der Waals surface area contributed by atoms with Crippen LogP contribution in [0, 0.1) is 0 Å². The largest absolute Gasteiger partial charge is 0.396 e. The minimum atomic E-state index is -0.118. The lowest BCUT2D eigenvalue weighted by atomic mass is 9.92. The lowest BCUT2D eigenvalue weighted by Crippen LogP contribution is -2.52. The highest BCUT2D eigenvalue weighted by Crippen LogP contribution is 2.28. The van der Waals surface area contributed by atoms with Crippen LogP contribution < -0.4 is 10.6 Å². The zero-order chi connectivity index (χ0) is 15.8. The second kappa shape index (κ2) is 9.36. The first-order chi connectivity index (χ1) is 10.7. The maximum Gasteiger partial charge on any atom is 0.315 e. The molecule has 0 spiro atoms. The van der Waals surface area contributed by atoms with Crippen LogP contribution in [0.15, 0.2) is 0 Å². The van der Waals surface area contributed by atoms with Crippen molar-refractivity contribution in [1.82, 2.24) is 10.6 Å². The zero-order valence-electron chi connectivity index (χ0n) is 13.9. The van der Waals surface area contributed by atoms with E-state index >= 15 is 0 Å². The third-order valence-electron chi connectivity index (χ3n) is 4.99. The average Bonchev–Trinajstić information content (AvgIpc) is 3.02. The Hall–Kier alpha value is -0.810. The molecular formula is C17H32N2O3. The van der Waals surface area contributed by atoms with Crippen LogP contribution in [0.2, 0.25) is 0 Å². The number of nitrogens with one attached hydrogen (secondary N) is 2. The number of carbonyl (C=O) groups excluding carboxylic acids is 1. The number of aliphatic hydroxyl groups is 1. The Morgan fingerprint density at radius 1 is 1.18 bits per heavy atom. The highest BCUT2D eigenvalue weighted by atomic mass is 16.5. The van der Waals surface area contributed by atoms with Gasteiger partial charge in [0.2, 0.25) is 0 Å². The molecule has 3 unspecified atom stereocenters. The van der Waals surface area contributed by atoms with Crippen molar-refractivity contribution in [3.8, 4) is 0 Å². The van der Waals surface area contributed by atoms with Crippen LogP contribution in [0.4, 0.5) is 4.79 Å². The number of carbonyl (C=O) groups is 1. The minimum Gasteiger partial charge on any atom is -0.396 e. The first-order valence-corrected chi connectivity index (χ1v) is 9.06. The summed E-state index contributed by atoms with van der Waals surface area (Å²) in [5.74, 6) is 0. The van der Waals surface area contributed by atoms with Gasteiger partial charge in [0, 0.05) is 12.6 Å². The van der Waals surface area contributed by atoms with Crippen LogP contribution in [0.3, 0.4) is 0 Å². The van der Waals surface area contributed by atoms with E-state index in [0.29, 0.717) is 12.5 Å². The van der Waals surface area contributed by atoms with Gasteiger partial charge < -0.3 is 20.5 Å². The summed E-state index contributed by atoms with van der Waals surface area (Å²) in [5.41, 5.74) is 0. The van der Waals surface area contributed by atoms with Gasteiger partial charge in [-0.1, -0.05) is 32.6 Å². The van der Waals surface area contributed by atoms with E-state index in [4.69, 9.17) is 9.84 Å². The summed E-state index contributed by atoms with van der Waals surface area (Å²) in [4.78, 5) is 12.2. The van der Waals surface area contributed by atoms with E-state index in [1.165, 1.54) is 32.1 Å². The summed E-state index contributed by atoms with van der Waals surface area (Å²) in [5, 5.41) is 15.1. The molecule has 5 nitrogen and oxygen atoms in total. The number of hydrogen-bond acceptors (Lipinski definition) is 3. The van der Waals surface area contributed by atoms with Gasteiger partial charge >= 0.3 is 6.03 Å². The Labute approximate surface area is 134 Å². The maximum absolute atomic E-state index is 12.2. The molecule has 2 aliphatic rings. The van der Waals surface area contributed by atoms with Crippen molar-refractivity contribution in [3.05, 3.63) is 0 Å². The van der Waals surface area contributed by atoms with E-state index < -0.39 is 0 Å². The number of rotatable bonds is 7. The molecule has 0 saturated heterocycles. The minimum absolute atomic E-state index is 0.0443. The monoisotopic (exact) mass is 312 g/mol. The fourth-order valence-corrected chi connectivity index (χ4v) is 3.63. The van der Waals surface area contributed by atoms with E-state index in [2.05, 4.69) is 10.6 Å². The Morgan fingerprint density at radius 3 is 2.55 bits per heavy atom. The summed E-state index contributed by atoms with van der Waals surface area (Å²) in [6.07, 6.45) is 11.3. The maximum atomic E-state index is 12.2. The molecule has 3 atom stereocenters. The quantitative estimate of drug-likeness (QED) is 0.677. The van der Waals surface area contributed by atoms with Crippen LogP contribution in [0.1, 0.15) is 71.1 Å². The third-order valence-corrected chi connectivity index (χ3v) is 4.99. The summed E-state index contributed by atoms with van der Waals surface area (Å²) in [6, 6.07) is 0.0518. The molecule has 0 heterocycles. The highest BCUT2D eigenvalue weighted by molar-refractivity contribution is 5.74. The Bertz CT molecular complexity index is 332. The van der Waals surface area contributed by atoms with Crippen molar-refractivity contribution in [1.29, 1.82) is 0 Å². The topological polar surface area (TPSA) is 70.6 Å². The third kappa shape index (κ3) is 5.43. The predicted octanol–water partition coefficient (Wildman–Crippen LogP) is 2.72. The molecule has 22 heavy (non-hydrogen) atoms. The van der Waals surface area contributed by atoms with Crippen LogP contribution in [-0.2, 0) is 4.74 Å². The molecule has 0 bridgehead atoms. The van der Waals surface area contributed by atoms with Crippen LogP contribution >= 0.6 is 0 Å². The van der Waals surface area contributed by atoms with Crippen molar-refractivity contribution >= 4 is 6.03 Å². The van der Waals surface area contributed by atoms with Gasteiger partial charge in [-0.2, -0.15) is 0 Å². The molecule has 5 heteroatoms. The van der Waals surface area contributed by atoms with E-state index in [9.17, 15) is 4.79 Å². The van der Waals surface area contributed by atoms with E-state index in [1.807, 2.05) is 6.92 Å². The lowest BCUT2D eigenvalue weighted by Gasteiger charge is -2.34. The molecular weight excluding hydrogens is 280 g/mol. The molecule has 2 rings (SSSR count). The van der Waals surface area contributed by atoms with Gasteiger partial charge in [0.15, 0.2) is 0 Å². The fraction of sp³-hybridized carbons (Fsp3) is 0.941. The number of urea groups is 1. The molecule has 0 aliphatic heterocycles. The SMILES string of the molecule is CCC(CCO)NC(=O)NC1CCCCC1OC1CCCC1. The molecule has 128 valence electrons. The molecule has 2 aliphatic carbocycles. The van der Waals surface area contributed by atoms with Crippen molar-refractivity contribution in [3.63, 3.8) is 0 Å². The molecule has 0 aromatic carbocycles. The van der Waals surface area contributed by atoms with Crippen LogP contribution in [0.25, 0.3) is 0 Å². The lowest BCUT2D eigenvalue weighted by molar-refractivity contribution is -0.0410. The zero-order valence-corrected chi connectivity index (χ0v) is 13.9. The molecule has 2 amide bonds. The van der Waals surface area contributed by atoms with Gasteiger partial charge in [-0.05, 0) is 38.5 Å². The molecule has 0 radical (unpaired) electrons. The first-order valence-electron chi connectivity index (χ1n) is 9.06. The number of amides is 2. The average molecular weight is 312 g/mol. The predicted molar refractivity (Wildman–Crippen MR) is 86.8 cm³/mol. The van der Waals surface area contributed by atoms with Crippen LogP contribution in [-0.4, -0.2) is 42.0 Å². The molecule has 2 fully saturated rings. The van der Waals surface area contributed by atoms with Gasteiger partial charge in [0.1, 0.15) is 0 Å². The second-order valence-electron chi connectivity index (χ2n) is 6.71. The van der Waals surface area contributed by atoms with Crippen LogP contribution in [0.5, 0.6) is 0 Å². The first kappa shape index (κ1) is 17.5. The van der Waals surface area contributed by atoms with Gasteiger partial charge in [-0.25, -0.2) is 4.79 Å². The van der Waals surface area contributed by atoms with Crippen molar-refractivity contribution in [2.45, 2.75) is 95.4 Å². The molecule has 0 aromatic heterocycles. The normalized spacial score (nSPS) is 27.5. The van der Waals surface area contributed by atoms with Crippen molar-refractivity contribution < 1.29 is 14.6 Å². The molecule has 3 N–H and O–H groups in total. The molecule has 0 aromatic rings. The Balaban J connectivity index is 1.80. The second-order valence-corrected chi connectivity index (χ2v) is 6.71. The van der Waals surface area contributed by atoms with Gasteiger partial charge in [0.05, 0.1) is 18.2 Å². The van der Waals surface area contributed by atoms with E-state index in [1.54, 1.807) is 0 Å². The Morgan fingerprint density at radius 2 is 1.86 bits per heavy atom. The summed E-state index contributed by atoms with van der Waals surface area (Å²) < 4.78 is 6.26. The smallest absolute Gasteiger partial charge is 0.315 e. The standard InChI is InChI=1S/C17H32N2O3/c1-2-13(11-12-20)18-17(21)19-15-9-5-6-10-16(15)22-14-7-3-4-8-14/h13-16,20H,2-12H2,1H3,(H2,18,19,21).